The van der Waals surface area contributed by atoms with Crippen LogP contribution in [-0.4, -0.2) is 41.2 Å². The Labute approximate surface area is 175 Å². The molecule has 5 atom stereocenters. The molecule has 1 N–H and O–H groups in total. The molecular formula is C23H26N2O5. The first-order chi connectivity index (χ1) is 14.3. The number of fused-ring (bicyclic) bond motifs is 5. The van der Waals surface area contributed by atoms with Gasteiger partial charge in [0.1, 0.15) is 6.04 Å². The van der Waals surface area contributed by atoms with Crippen molar-refractivity contribution in [2.45, 2.75) is 33.2 Å². The molecule has 7 nitrogen and oxygen atoms in total. The van der Waals surface area contributed by atoms with Crippen LogP contribution in [0.15, 0.2) is 36.4 Å². The van der Waals surface area contributed by atoms with Gasteiger partial charge in [0.25, 0.3) is 5.91 Å². The summed E-state index contributed by atoms with van der Waals surface area (Å²) in [6.07, 6.45) is 4.86. The van der Waals surface area contributed by atoms with Crippen LogP contribution in [0.4, 0.5) is 5.69 Å². The average Bonchev–Trinajstić information content (AvgIpc) is 3.36. The molecule has 1 heterocycles. The molecule has 3 amide bonds. The van der Waals surface area contributed by atoms with Crippen LogP contribution < -0.4 is 5.32 Å². The lowest BCUT2D eigenvalue weighted by Crippen LogP contribution is -2.50. The van der Waals surface area contributed by atoms with Crippen LogP contribution in [-0.2, 0) is 23.9 Å². The second-order valence-electron chi connectivity index (χ2n) is 8.76. The van der Waals surface area contributed by atoms with E-state index in [0.29, 0.717) is 5.69 Å². The third-order valence-corrected chi connectivity index (χ3v) is 6.30. The maximum atomic E-state index is 13.0. The van der Waals surface area contributed by atoms with Crippen molar-refractivity contribution in [3.63, 3.8) is 0 Å². The van der Waals surface area contributed by atoms with Crippen molar-refractivity contribution in [3.05, 3.63) is 42.0 Å². The largest absolute Gasteiger partial charge is 0.454 e. The number of carbonyl (C=O) groups is 4. The minimum absolute atomic E-state index is 0.0744. The van der Waals surface area contributed by atoms with E-state index in [1.165, 1.54) is 0 Å². The lowest BCUT2D eigenvalue weighted by Gasteiger charge is -2.28. The lowest BCUT2D eigenvalue weighted by molar-refractivity contribution is -0.162. The number of likely N-dealkylation sites (tertiary alicyclic amines) is 1. The molecule has 1 saturated carbocycles. The number of amides is 3. The molecular weight excluding hydrogens is 384 g/mol. The monoisotopic (exact) mass is 410 g/mol. The van der Waals surface area contributed by atoms with Gasteiger partial charge in [-0.2, -0.15) is 0 Å². The molecule has 2 fully saturated rings. The van der Waals surface area contributed by atoms with Crippen LogP contribution in [0.1, 0.15) is 25.8 Å². The van der Waals surface area contributed by atoms with Gasteiger partial charge in [-0.1, -0.05) is 38.1 Å². The van der Waals surface area contributed by atoms with Crippen LogP contribution in [0.5, 0.6) is 0 Å². The number of ether oxygens (including phenoxy) is 1. The van der Waals surface area contributed by atoms with Gasteiger partial charge >= 0.3 is 5.97 Å². The van der Waals surface area contributed by atoms with Crippen LogP contribution in [0, 0.1) is 36.5 Å². The molecule has 0 radical (unpaired) electrons. The molecule has 30 heavy (non-hydrogen) atoms. The van der Waals surface area contributed by atoms with E-state index in [4.69, 9.17) is 4.74 Å². The molecule has 7 heteroatoms. The van der Waals surface area contributed by atoms with E-state index in [-0.39, 0.29) is 41.4 Å². The predicted octanol–water partition coefficient (Wildman–Crippen LogP) is 2.31. The van der Waals surface area contributed by atoms with Crippen molar-refractivity contribution in [2.75, 3.05) is 11.9 Å². The summed E-state index contributed by atoms with van der Waals surface area (Å²) in [6, 6.07) is 6.24. The Hall–Kier alpha value is -2.96. The second kappa shape index (κ2) is 7.70. The van der Waals surface area contributed by atoms with Gasteiger partial charge in [0.05, 0.1) is 11.8 Å². The minimum atomic E-state index is -1.03. The summed E-state index contributed by atoms with van der Waals surface area (Å²) >= 11 is 0. The van der Waals surface area contributed by atoms with Gasteiger partial charge in [0, 0.05) is 5.69 Å². The van der Waals surface area contributed by atoms with E-state index in [2.05, 4.69) is 5.32 Å². The molecule has 1 saturated heterocycles. The first kappa shape index (κ1) is 20.3. The van der Waals surface area contributed by atoms with Crippen molar-refractivity contribution >= 4 is 29.4 Å². The van der Waals surface area contributed by atoms with Crippen LogP contribution >= 0.6 is 0 Å². The Balaban J connectivity index is 1.42. The molecule has 2 bridgehead atoms. The molecule has 3 aliphatic rings. The standard InChI is InChI=1S/C23H26N2O5/c1-12(2)20(23(29)30-11-17(26)24-16-6-4-5-13(3)9-16)25-21(27)18-14-7-8-15(10-14)19(18)22(25)28/h4-9,12,14-15,18-20H,10-11H2,1-3H3,(H,24,26)/t14-,15-,18+,19+,20-/m0/s1. The van der Waals surface area contributed by atoms with Gasteiger partial charge in [0.15, 0.2) is 6.61 Å². The highest BCUT2D eigenvalue weighted by atomic mass is 16.5. The summed E-state index contributed by atoms with van der Waals surface area (Å²) < 4.78 is 5.22. The van der Waals surface area contributed by atoms with Crippen molar-refractivity contribution in [1.82, 2.24) is 4.90 Å². The molecule has 1 aromatic carbocycles. The second-order valence-corrected chi connectivity index (χ2v) is 8.76. The first-order valence-electron chi connectivity index (χ1n) is 10.4. The number of aryl methyl sites for hydroxylation is 1. The minimum Gasteiger partial charge on any atom is -0.454 e. The normalized spacial score (nSPS) is 27.5. The van der Waals surface area contributed by atoms with Crippen LogP contribution in [0.25, 0.3) is 0 Å². The van der Waals surface area contributed by atoms with E-state index < -0.39 is 24.5 Å². The third kappa shape index (κ3) is 3.42. The van der Waals surface area contributed by atoms with Crippen molar-refractivity contribution in [3.8, 4) is 0 Å². The number of esters is 1. The molecule has 0 aromatic heterocycles. The van der Waals surface area contributed by atoms with E-state index in [1.54, 1.807) is 26.0 Å². The number of nitrogens with zero attached hydrogens (tertiary/aromatic N) is 1. The van der Waals surface area contributed by atoms with Crippen molar-refractivity contribution in [2.24, 2.45) is 29.6 Å². The van der Waals surface area contributed by atoms with E-state index in [9.17, 15) is 19.2 Å². The number of nitrogens with one attached hydrogen (secondary N) is 1. The van der Waals surface area contributed by atoms with E-state index in [1.807, 2.05) is 31.2 Å². The fourth-order valence-electron chi connectivity index (χ4n) is 5.02. The number of hydrogen-bond donors (Lipinski definition) is 1. The van der Waals surface area contributed by atoms with Gasteiger partial charge in [-0.05, 0) is 48.8 Å². The van der Waals surface area contributed by atoms with Gasteiger partial charge in [0.2, 0.25) is 11.8 Å². The Kier molecular flexibility index (Phi) is 5.22. The smallest absolute Gasteiger partial charge is 0.330 e. The summed E-state index contributed by atoms with van der Waals surface area (Å²) in [5.74, 6) is -2.70. The number of benzene rings is 1. The summed E-state index contributed by atoms with van der Waals surface area (Å²) in [6.45, 7) is 4.95. The molecule has 1 aromatic rings. The number of rotatable bonds is 6. The summed E-state index contributed by atoms with van der Waals surface area (Å²) in [7, 11) is 0. The number of carbonyl (C=O) groups excluding carboxylic acids is 4. The number of hydrogen-bond acceptors (Lipinski definition) is 5. The molecule has 4 rings (SSSR count). The first-order valence-corrected chi connectivity index (χ1v) is 10.4. The van der Waals surface area contributed by atoms with E-state index in [0.717, 1.165) is 16.9 Å². The lowest BCUT2D eigenvalue weighted by atomic mass is 9.85. The van der Waals surface area contributed by atoms with Crippen LogP contribution in [0.2, 0.25) is 0 Å². The SMILES string of the molecule is Cc1cccc(NC(=O)COC(=O)[C@H](C(C)C)N2C(=O)[C@H]3[C@H](C2=O)[C@H]2C=C[C@H]3C2)c1. The van der Waals surface area contributed by atoms with Crippen LogP contribution in [0.3, 0.4) is 0 Å². The Morgan fingerprint density at radius 2 is 1.77 bits per heavy atom. The highest BCUT2D eigenvalue weighted by molar-refractivity contribution is 6.09. The summed E-state index contributed by atoms with van der Waals surface area (Å²) in [5, 5.41) is 2.67. The zero-order valence-corrected chi connectivity index (χ0v) is 17.3. The fraction of sp³-hybridized carbons (Fsp3) is 0.478. The number of anilines is 1. The van der Waals surface area contributed by atoms with Gasteiger partial charge in [-0.3, -0.25) is 19.3 Å². The maximum Gasteiger partial charge on any atom is 0.330 e. The average molecular weight is 410 g/mol. The van der Waals surface area contributed by atoms with Crippen molar-refractivity contribution in [1.29, 1.82) is 0 Å². The summed E-state index contributed by atoms with van der Waals surface area (Å²) in [5.41, 5.74) is 1.60. The van der Waals surface area contributed by atoms with Gasteiger partial charge < -0.3 is 10.1 Å². The fourth-order valence-corrected chi connectivity index (χ4v) is 5.02. The molecule has 158 valence electrons. The molecule has 2 aliphatic carbocycles. The topological polar surface area (TPSA) is 92.8 Å². The Morgan fingerprint density at radius 3 is 2.33 bits per heavy atom. The Morgan fingerprint density at radius 1 is 1.13 bits per heavy atom. The Bertz CT molecular complexity index is 907. The van der Waals surface area contributed by atoms with Gasteiger partial charge in [-0.15, -0.1) is 0 Å². The number of imide groups is 1. The number of allylic oxidation sites excluding steroid dienone is 2. The quantitative estimate of drug-likeness (QED) is 0.441. The summed E-state index contributed by atoms with van der Waals surface area (Å²) in [4.78, 5) is 52.2. The highest BCUT2D eigenvalue weighted by Crippen LogP contribution is 2.53. The van der Waals surface area contributed by atoms with E-state index >= 15 is 0 Å². The third-order valence-electron chi connectivity index (χ3n) is 6.30. The zero-order valence-electron chi connectivity index (χ0n) is 17.3. The van der Waals surface area contributed by atoms with Crippen molar-refractivity contribution < 1.29 is 23.9 Å². The highest BCUT2D eigenvalue weighted by Gasteiger charge is 2.61. The molecule has 0 unspecified atom stereocenters. The van der Waals surface area contributed by atoms with Gasteiger partial charge in [-0.25, -0.2) is 4.79 Å². The molecule has 0 spiro atoms. The maximum absolute atomic E-state index is 13.0. The molecule has 1 aliphatic heterocycles. The zero-order chi connectivity index (χ0) is 21.6. The predicted molar refractivity (Wildman–Crippen MR) is 109 cm³/mol.